The van der Waals surface area contributed by atoms with Gasteiger partial charge in [0.2, 0.25) is 5.95 Å². The van der Waals surface area contributed by atoms with E-state index in [4.69, 9.17) is 18.9 Å². The summed E-state index contributed by atoms with van der Waals surface area (Å²) in [5, 5.41) is 10.6. The molecule has 0 radical (unpaired) electrons. The summed E-state index contributed by atoms with van der Waals surface area (Å²) in [6.45, 7) is 2.23. The van der Waals surface area contributed by atoms with E-state index in [1.807, 2.05) is 55.5 Å². The molecule has 0 unspecified atom stereocenters. The maximum Gasteiger partial charge on any atom is 0.255 e. The fourth-order valence-electron chi connectivity index (χ4n) is 4.49. The molecule has 10 heteroatoms. The Bertz CT molecular complexity index is 1520. The van der Waals surface area contributed by atoms with Crippen LogP contribution >= 0.6 is 0 Å². The Morgan fingerprint density at radius 3 is 2.49 bits per heavy atom. The fraction of sp³-hybridized carbons (Fsp3) is 0.207. The molecule has 0 saturated carbocycles. The number of rotatable bonds is 9. The molecule has 0 fully saturated rings. The molecule has 3 aromatic carbocycles. The lowest BCUT2D eigenvalue weighted by Crippen LogP contribution is -2.31. The molecular formula is C29H29N5O5. The van der Waals surface area contributed by atoms with Crippen LogP contribution in [0.5, 0.6) is 23.0 Å². The van der Waals surface area contributed by atoms with E-state index in [1.165, 1.54) is 13.4 Å². The highest BCUT2D eigenvalue weighted by molar-refractivity contribution is 6.06. The van der Waals surface area contributed by atoms with Gasteiger partial charge in [-0.3, -0.25) is 4.79 Å². The molecule has 10 nitrogen and oxygen atoms in total. The van der Waals surface area contributed by atoms with Gasteiger partial charge in [-0.1, -0.05) is 36.4 Å². The number of amides is 1. The summed E-state index contributed by atoms with van der Waals surface area (Å²) in [7, 11) is 4.69. The molecule has 1 aromatic heterocycles. The van der Waals surface area contributed by atoms with Gasteiger partial charge in [0.25, 0.3) is 5.91 Å². The number of hydrogen-bond donors (Lipinski definition) is 2. The highest BCUT2D eigenvalue weighted by Gasteiger charge is 2.34. The molecular weight excluding hydrogens is 498 g/mol. The van der Waals surface area contributed by atoms with Gasteiger partial charge in [-0.25, -0.2) is 4.68 Å². The normalized spacial score (nSPS) is 14.2. The lowest BCUT2D eigenvalue weighted by Gasteiger charge is -2.29. The Balaban J connectivity index is 1.48. The van der Waals surface area contributed by atoms with Crippen molar-refractivity contribution >= 4 is 17.5 Å². The van der Waals surface area contributed by atoms with Crippen molar-refractivity contribution in [1.29, 1.82) is 0 Å². The SMILES string of the molecule is COc1ccc(NC(=O)C2=C(C)Nc3ncnn3[C@H]2c2ccc(OCc3ccccc3)c(OC)c2)c(OC)c1. The number of nitrogens with zero attached hydrogens (tertiary/aromatic N) is 3. The summed E-state index contributed by atoms with van der Waals surface area (Å²) < 4.78 is 24.1. The molecule has 1 atom stereocenters. The molecule has 0 saturated heterocycles. The molecule has 1 aliphatic heterocycles. The third-order valence-electron chi connectivity index (χ3n) is 6.44. The zero-order valence-corrected chi connectivity index (χ0v) is 22.1. The van der Waals surface area contributed by atoms with Crippen LogP contribution in [-0.2, 0) is 11.4 Å². The Hall–Kier alpha value is -4.99. The lowest BCUT2D eigenvalue weighted by atomic mass is 9.94. The number of methoxy groups -OCH3 is 3. The smallest absolute Gasteiger partial charge is 0.255 e. The van der Waals surface area contributed by atoms with Gasteiger partial charge < -0.3 is 29.6 Å². The highest BCUT2D eigenvalue weighted by atomic mass is 16.5. The summed E-state index contributed by atoms with van der Waals surface area (Å²) in [5.41, 5.74) is 3.44. The Kier molecular flexibility index (Phi) is 7.35. The zero-order chi connectivity index (χ0) is 27.4. The van der Waals surface area contributed by atoms with Gasteiger partial charge in [-0.15, -0.1) is 0 Å². The van der Waals surface area contributed by atoms with Crippen LogP contribution in [0.25, 0.3) is 0 Å². The van der Waals surface area contributed by atoms with E-state index >= 15 is 0 Å². The van der Waals surface area contributed by atoms with Gasteiger partial charge in [-0.05, 0) is 42.3 Å². The van der Waals surface area contributed by atoms with Gasteiger partial charge in [0.1, 0.15) is 30.5 Å². The summed E-state index contributed by atoms with van der Waals surface area (Å²) in [5.74, 6) is 2.43. The molecule has 0 spiro atoms. The highest BCUT2D eigenvalue weighted by Crippen LogP contribution is 2.39. The van der Waals surface area contributed by atoms with Crippen LogP contribution in [0.2, 0.25) is 0 Å². The minimum atomic E-state index is -0.579. The number of allylic oxidation sites excluding steroid dienone is 1. The van der Waals surface area contributed by atoms with Crippen LogP contribution in [0, 0.1) is 0 Å². The van der Waals surface area contributed by atoms with Crippen molar-refractivity contribution in [1.82, 2.24) is 14.8 Å². The topological polar surface area (TPSA) is 109 Å². The first-order chi connectivity index (χ1) is 19.0. The first-order valence-corrected chi connectivity index (χ1v) is 12.3. The largest absolute Gasteiger partial charge is 0.497 e. The first kappa shape index (κ1) is 25.7. The number of aromatic nitrogens is 3. The number of benzene rings is 3. The number of ether oxygens (including phenoxy) is 4. The molecule has 1 amide bonds. The number of carbonyl (C=O) groups excluding carboxylic acids is 1. The zero-order valence-electron chi connectivity index (χ0n) is 22.1. The molecule has 0 aliphatic carbocycles. The van der Waals surface area contributed by atoms with Crippen molar-refractivity contribution in [3.63, 3.8) is 0 Å². The van der Waals surface area contributed by atoms with E-state index in [2.05, 4.69) is 20.7 Å². The van der Waals surface area contributed by atoms with E-state index in [9.17, 15) is 4.79 Å². The van der Waals surface area contributed by atoms with E-state index in [-0.39, 0.29) is 5.91 Å². The predicted octanol–water partition coefficient (Wildman–Crippen LogP) is 4.81. The van der Waals surface area contributed by atoms with Crippen molar-refractivity contribution in [3.8, 4) is 23.0 Å². The van der Waals surface area contributed by atoms with Gasteiger partial charge in [0, 0.05) is 11.8 Å². The minimum Gasteiger partial charge on any atom is -0.497 e. The number of anilines is 2. The second-order valence-electron chi connectivity index (χ2n) is 8.80. The molecule has 5 rings (SSSR count). The van der Waals surface area contributed by atoms with Gasteiger partial charge in [-0.2, -0.15) is 10.1 Å². The quantitative estimate of drug-likeness (QED) is 0.319. The Morgan fingerprint density at radius 2 is 1.74 bits per heavy atom. The summed E-state index contributed by atoms with van der Waals surface area (Å²) in [4.78, 5) is 18.1. The number of hydrogen-bond acceptors (Lipinski definition) is 8. The summed E-state index contributed by atoms with van der Waals surface area (Å²) >= 11 is 0. The lowest BCUT2D eigenvalue weighted by molar-refractivity contribution is -0.113. The van der Waals surface area contributed by atoms with Crippen LogP contribution in [0.4, 0.5) is 11.6 Å². The van der Waals surface area contributed by atoms with Crippen LogP contribution < -0.4 is 29.6 Å². The first-order valence-electron chi connectivity index (χ1n) is 12.3. The standard InChI is InChI=1S/C29H29N5O5/c1-18-26(28(35)33-22-12-11-21(36-2)15-24(22)37-3)27(34-29(32-18)30-17-31-34)20-10-13-23(25(14-20)38-4)39-16-19-8-6-5-7-9-19/h5-15,17,27H,16H2,1-4H3,(H,33,35)(H,30,31,32)/t27-/m0/s1. The van der Waals surface area contributed by atoms with Crippen LogP contribution in [0.1, 0.15) is 24.1 Å². The molecule has 0 bridgehead atoms. The number of fused-ring (bicyclic) bond motifs is 1. The monoisotopic (exact) mass is 527 g/mol. The molecule has 200 valence electrons. The van der Waals surface area contributed by atoms with Crippen molar-refractivity contribution < 1.29 is 23.7 Å². The third kappa shape index (κ3) is 5.22. The molecule has 39 heavy (non-hydrogen) atoms. The molecule has 4 aromatic rings. The van der Waals surface area contributed by atoms with Crippen molar-refractivity contribution in [3.05, 3.63) is 95.5 Å². The van der Waals surface area contributed by atoms with Crippen LogP contribution in [-0.4, -0.2) is 42.0 Å². The van der Waals surface area contributed by atoms with E-state index < -0.39 is 6.04 Å². The molecule has 1 aliphatic rings. The van der Waals surface area contributed by atoms with Gasteiger partial charge in [0.15, 0.2) is 11.5 Å². The second kappa shape index (κ2) is 11.2. The Morgan fingerprint density at radius 1 is 0.949 bits per heavy atom. The molecule has 2 N–H and O–H groups in total. The average Bonchev–Trinajstić information content (AvgIpc) is 3.44. The van der Waals surface area contributed by atoms with Crippen LogP contribution in [0.3, 0.4) is 0 Å². The summed E-state index contributed by atoms with van der Waals surface area (Å²) in [6.07, 6.45) is 1.45. The van der Waals surface area contributed by atoms with Crippen molar-refractivity contribution in [2.45, 2.75) is 19.6 Å². The molecule has 2 heterocycles. The van der Waals surface area contributed by atoms with Crippen LogP contribution in [0.15, 0.2) is 84.3 Å². The Labute approximate surface area is 226 Å². The van der Waals surface area contributed by atoms with E-state index in [0.29, 0.717) is 52.5 Å². The van der Waals surface area contributed by atoms with E-state index in [0.717, 1.165) is 11.1 Å². The average molecular weight is 528 g/mol. The van der Waals surface area contributed by atoms with Gasteiger partial charge in [0.05, 0.1) is 32.6 Å². The number of carbonyl (C=O) groups is 1. The number of nitrogens with one attached hydrogen (secondary N) is 2. The van der Waals surface area contributed by atoms with Gasteiger partial charge >= 0.3 is 0 Å². The maximum atomic E-state index is 13.8. The predicted molar refractivity (Wildman–Crippen MR) is 146 cm³/mol. The van der Waals surface area contributed by atoms with Crippen molar-refractivity contribution in [2.75, 3.05) is 32.0 Å². The van der Waals surface area contributed by atoms with Crippen molar-refractivity contribution in [2.24, 2.45) is 0 Å². The second-order valence-corrected chi connectivity index (χ2v) is 8.80. The minimum absolute atomic E-state index is 0.321. The fourth-order valence-corrected chi connectivity index (χ4v) is 4.49. The third-order valence-corrected chi connectivity index (χ3v) is 6.44. The maximum absolute atomic E-state index is 13.8. The summed E-state index contributed by atoms with van der Waals surface area (Å²) in [6, 6.07) is 20.1. The van der Waals surface area contributed by atoms with E-state index in [1.54, 1.807) is 37.1 Å².